The fourth-order valence-corrected chi connectivity index (χ4v) is 7.72. The van der Waals surface area contributed by atoms with Crippen LogP contribution >= 0.6 is 0 Å². The predicted molar refractivity (Wildman–Crippen MR) is 219 cm³/mol. The van der Waals surface area contributed by atoms with Crippen LogP contribution in [0, 0.1) is 0 Å². The van der Waals surface area contributed by atoms with Gasteiger partial charge in [-0.25, -0.2) is 4.99 Å². The molecule has 52 heavy (non-hydrogen) atoms. The minimum Gasteiger partial charge on any atom is -0.344 e. The maximum Gasteiger partial charge on any atom is 0.234 e. The summed E-state index contributed by atoms with van der Waals surface area (Å²) in [5, 5.41) is 7.33. The van der Waals surface area contributed by atoms with Gasteiger partial charge in [0.05, 0.1) is 16.6 Å². The Morgan fingerprint density at radius 3 is 1.94 bits per heavy atom. The van der Waals surface area contributed by atoms with E-state index in [0.29, 0.717) is 5.96 Å². The maximum atomic E-state index is 5.25. The minimum atomic E-state index is -0.254. The number of aromatic nitrogens is 2. The van der Waals surface area contributed by atoms with Crippen LogP contribution in [0.25, 0.3) is 55.6 Å². The number of rotatable bonds is 4. The first-order valence-electron chi connectivity index (χ1n) is 18.3. The van der Waals surface area contributed by atoms with E-state index in [9.17, 15) is 0 Å². The lowest BCUT2D eigenvalue weighted by molar-refractivity contribution is 0.666. The topological polar surface area (TPSA) is 46.6 Å². The zero-order valence-electron chi connectivity index (χ0n) is 29.4. The van der Waals surface area contributed by atoms with Crippen LogP contribution in [0.2, 0.25) is 0 Å². The normalized spacial score (nSPS) is 15.1. The first kappa shape index (κ1) is 31.5. The lowest BCUT2D eigenvalue weighted by atomic mass is 9.98. The van der Waals surface area contributed by atoms with Crippen molar-refractivity contribution in [3.8, 4) is 16.8 Å². The Kier molecular flexibility index (Phi) is 8.09. The van der Waals surface area contributed by atoms with Gasteiger partial charge in [-0.3, -0.25) is 4.57 Å². The molecule has 2 aromatic heterocycles. The molecule has 0 amide bonds. The third-order valence-corrected chi connectivity index (χ3v) is 10.1. The molecule has 1 unspecified atom stereocenters. The molecular formula is C47H39N5. The van der Waals surface area contributed by atoms with Crippen molar-refractivity contribution < 1.29 is 0 Å². The molecule has 1 N–H and O–H groups in total. The second-order valence-corrected chi connectivity index (χ2v) is 13.0. The molecule has 0 saturated carbocycles. The number of para-hydroxylation sites is 2. The second kappa shape index (κ2) is 13.3. The second-order valence-electron chi connectivity index (χ2n) is 13.0. The van der Waals surface area contributed by atoms with Crippen LogP contribution < -0.4 is 5.32 Å². The zero-order valence-corrected chi connectivity index (χ0v) is 29.4. The van der Waals surface area contributed by atoms with E-state index in [1.54, 1.807) is 0 Å². The van der Waals surface area contributed by atoms with Crippen molar-refractivity contribution in [1.29, 1.82) is 0 Å². The highest BCUT2D eigenvalue weighted by Crippen LogP contribution is 2.38. The number of aliphatic imine (C=N–C) groups is 2. The van der Waals surface area contributed by atoms with Gasteiger partial charge < -0.3 is 9.88 Å². The van der Waals surface area contributed by atoms with Crippen LogP contribution in [0.1, 0.15) is 48.8 Å². The Morgan fingerprint density at radius 1 is 0.577 bits per heavy atom. The molecule has 5 nitrogen and oxygen atoms in total. The third kappa shape index (κ3) is 5.33. The van der Waals surface area contributed by atoms with Gasteiger partial charge in [0.1, 0.15) is 12.0 Å². The Morgan fingerprint density at radius 2 is 1.19 bits per heavy atom. The Hall–Kier alpha value is -6.46. The third-order valence-electron chi connectivity index (χ3n) is 10.1. The summed E-state index contributed by atoms with van der Waals surface area (Å²) < 4.78 is 4.67. The van der Waals surface area contributed by atoms with Gasteiger partial charge in [-0.2, -0.15) is 4.99 Å². The lowest BCUT2D eigenvalue weighted by Crippen LogP contribution is -2.35. The molecule has 3 heterocycles. The minimum absolute atomic E-state index is 0.254. The molecule has 0 spiro atoms. The van der Waals surface area contributed by atoms with Crippen LogP contribution in [-0.2, 0) is 6.42 Å². The van der Waals surface area contributed by atoms with E-state index in [4.69, 9.17) is 9.98 Å². The van der Waals surface area contributed by atoms with Crippen molar-refractivity contribution in [2.45, 2.75) is 32.9 Å². The monoisotopic (exact) mass is 673 g/mol. The van der Waals surface area contributed by atoms with Gasteiger partial charge >= 0.3 is 0 Å². The molecule has 5 heteroatoms. The van der Waals surface area contributed by atoms with Gasteiger partial charge in [0, 0.05) is 38.7 Å². The number of hydrogen-bond acceptors (Lipinski definition) is 3. The van der Waals surface area contributed by atoms with Crippen LogP contribution in [-0.4, -0.2) is 20.9 Å². The van der Waals surface area contributed by atoms with Gasteiger partial charge in [-0.1, -0.05) is 135 Å². The quantitative estimate of drug-likeness (QED) is 0.199. The van der Waals surface area contributed by atoms with E-state index in [0.717, 1.165) is 35.3 Å². The van der Waals surface area contributed by atoms with Crippen LogP contribution in [0.3, 0.4) is 0 Å². The Bertz CT molecular complexity index is 2660. The number of allylic oxidation sites excluding steroid dienone is 1. The fourth-order valence-electron chi connectivity index (χ4n) is 7.72. The van der Waals surface area contributed by atoms with Crippen molar-refractivity contribution in [2.75, 3.05) is 0 Å². The predicted octanol–water partition coefficient (Wildman–Crippen LogP) is 11.3. The van der Waals surface area contributed by atoms with Gasteiger partial charge in [-0.05, 0) is 72.0 Å². The first-order chi connectivity index (χ1) is 25.8. The molecular weight excluding hydrogens is 635 g/mol. The number of nitrogens with zero attached hydrogens (tertiary/aromatic N) is 4. The summed E-state index contributed by atoms with van der Waals surface area (Å²) in [6, 6.07) is 53.9. The summed E-state index contributed by atoms with van der Waals surface area (Å²) >= 11 is 0. The molecule has 0 fully saturated rings. The van der Waals surface area contributed by atoms with Crippen molar-refractivity contribution >= 4 is 50.6 Å². The summed E-state index contributed by atoms with van der Waals surface area (Å²) in [5.74, 6) is 1.53. The first-order valence-corrected chi connectivity index (χ1v) is 18.3. The maximum absolute atomic E-state index is 5.25. The molecule has 0 bridgehead atoms. The number of nitrogens with one attached hydrogen (secondary N) is 1. The highest BCUT2D eigenvalue weighted by Gasteiger charge is 2.26. The summed E-state index contributed by atoms with van der Waals surface area (Å²) in [6.07, 6.45) is 6.24. The molecule has 0 radical (unpaired) electrons. The smallest absolute Gasteiger partial charge is 0.234 e. The van der Waals surface area contributed by atoms with E-state index in [1.165, 1.54) is 55.3 Å². The molecule has 252 valence electrons. The van der Waals surface area contributed by atoms with E-state index >= 15 is 0 Å². The van der Waals surface area contributed by atoms with Crippen LogP contribution in [0.4, 0.5) is 0 Å². The van der Waals surface area contributed by atoms with Crippen LogP contribution in [0.5, 0.6) is 0 Å². The SMILES string of the molecule is C1=Cc2c(n(C3=NC(c4ccccc4)NC(c4ccccc4)=N3)c3ccc(-c4ccc5c(c4)c4ccccc4n5-c4ccccc4)cc23)CC1.CC. The Labute approximate surface area is 303 Å². The standard InChI is InChI=1S/C45H33N5.C2H6/c1-4-14-30(15-5-1)43-46-44(31-16-6-2-7-17-31)48-45(47-43)50-40-23-13-11-21-36(40)38-29-33(25-27-42(38)50)32-24-26-41-37(28-32)35-20-10-12-22-39(35)49(41)34-18-8-3-9-19-34;1-2/h1-12,14-22,24-29,43H,13,23H2,(H,46,47,48);1-2H3. The Balaban J connectivity index is 0.00000177. The van der Waals surface area contributed by atoms with Crippen molar-refractivity contribution in [2.24, 2.45) is 9.98 Å². The molecule has 1 aliphatic heterocycles. The number of hydrogen-bond donors (Lipinski definition) is 1. The fraction of sp³-hybridized carbons (Fsp3) is 0.106. The summed E-state index contributed by atoms with van der Waals surface area (Å²) in [5.41, 5.74) is 11.7. The van der Waals surface area contributed by atoms with E-state index in [2.05, 4.69) is 166 Å². The lowest BCUT2D eigenvalue weighted by Gasteiger charge is -2.25. The zero-order chi connectivity index (χ0) is 35.0. The summed E-state index contributed by atoms with van der Waals surface area (Å²) in [4.78, 5) is 10.4. The van der Waals surface area contributed by atoms with Gasteiger partial charge in [-0.15, -0.1) is 0 Å². The number of amidine groups is 1. The molecule has 8 aromatic rings. The van der Waals surface area contributed by atoms with Gasteiger partial charge in [0.2, 0.25) is 5.96 Å². The van der Waals surface area contributed by atoms with Crippen LogP contribution in [0.15, 0.2) is 168 Å². The van der Waals surface area contributed by atoms with Crippen molar-refractivity contribution in [3.63, 3.8) is 0 Å². The molecule has 1 atom stereocenters. The van der Waals surface area contributed by atoms with Gasteiger partial charge in [0.15, 0.2) is 0 Å². The summed E-state index contributed by atoms with van der Waals surface area (Å²) in [7, 11) is 0. The highest BCUT2D eigenvalue weighted by atomic mass is 15.3. The van der Waals surface area contributed by atoms with E-state index in [-0.39, 0.29) is 6.17 Å². The highest BCUT2D eigenvalue weighted by molar-refractivity contribution is 6.12. The van der Waals surface area contributed by atoms with Crippen molar-refractivity contribution in [1.82, 2.24) is 14.5 Å². The average molecular weight is 674 g/mol. The summed E-state index contributed by atoms with van der Waals surface area (Å²) in [6.45, 7) is 4.00. The molecule has 10 rings (SSSR count). The molecule has 1 aliphatic carbocycles. The van der Waals surface area contributed by atoms with Gasteiger partial charge in [0.25, 0.3) is 0 Å². The van der Waals surface area contributed by atoms with Crippen molar-refractivity contribution in [3.05, 3.63) is 180 Å². The largest absolute Gasteiger partial charge is 0.344 e. The average Bonchev–Trinajstić information content (AvgIpc) is 3.74. The van der Waals surface area contributed by atoms with E-state index in [1.807, 2.05) is 26.0 Å². The molecule has 2 aliphatic rings. The van der Waals surface area contributed by atoms with E-state index < -0.39 is 0 Å². The number of fused-ring (bicyclic) bond motifs is 6. The number of benzene rings is 6. The molecule has 0 saturated heterocycles. The molecule has 6 aromatic carbocycles.